The van der Waals surface area contributed by atoms with E-state index in [-0.39, 0.29) is 17.7 Å². The molecule has 4 rings (SSSR count). The van der Waals surface area contributed by atoms with Gasteiger partial charge in [0.2, 0.25) is 0 Å². The average molecular weight is 485 g/mol. The van der Waals surface area contributed by atoms with E-state index in [2.05, 4.69) is 4.99 Å². The van der Waals surface area contributed by atoms with Crippen molar-refractivity contribution in [3.8, 4) is 11.5 Å². The molecular weight excluding hydrogens is 456 g/mol. The summed E-state index contributed by atoms with van der Waals surface area (Å²) in [5.74, 6) is 1.49. The lowest BCUT2D eigenvalue weighted by Gasteiger charge is -2.13. The first-order valence-corrected chi connectivity index (χ1v) is 11.8. The molecule has 36 heavy (non-hydrogen) atoms. The molecule has 7 heteroatoms. The number of ether oxygens (including phenoxy) is 3. The molecule has 0 N–H and O–H groups in total. The van der Waals surface area contributed by atoms with E-state index in [0.717, 1.165) is 35.3 Å². The zero-order chi connectivity index (χ0) is 25.3. The van der Waals surface area contributed by atoms with E-state index in [0.29, 0.717) is 30.8 Å². The molecule has 3 aromatic carbocycles. The fourth-order valence-corrected chi connectivity index (χ4v) is 3.78. The largest absolute Gasteiger partial charge is 0.497 e. The summed E-state index contributed by atoms with van der Waals surface area (Å²) in [6, 6.07) is 22.3. The molecule has 0 radical (unpaired) electrons. The van der Waals surface area contributed by atoms with Gasteiger partial charge in [-0.15, -0.1) is 0 Å². The van der Waals surface area contributed by atoms with Crippen LogP contribution in [0, 0.1) is 0 Å². The number of nitrogens with zero attached hydrogens (tertiary/aromatic N) is 2. The number of methoxy groups -OCH3 is 1. The van der Waals surface area contributed by atoms with Gasteiger partial charge in [0.05, 0.1) is 19.4 Å². The molecule has 0 atom stereocenters. The first-order chi connectivity index (χ1) is 17.6. The van der Waals surface area contributed by atoms with Gasteiger partial charge in [0, 0.05) is 12.1 Å². The van der Waals surface area contributed by atoms with Crippen LogP contribution in [-0.4, -0.2) is 43.4 Å². The molecule has 1 heterocycles. The molecule has 1 aliphatic heterocycles. The van der Waals surface area contributed by atoms with E-state index >= 15 is 0 Å². The minimum absolute atomic E-state index is 0.187. The molecule has 3 aromatic rings. The second-order valence-electron chi connectivity index (χ2n) is 8.13. The first kappa shape index (κ1) is 24.7. The second kappa shape index (κ2) is 11.8. The van der Waals surface area contributed by atoms with Crippen molar-refractivity contribution in [2.24, 2.45) is 4.99 Å². The lowest BCUT2D eigenvalue weighted by molar-refractivity contribution is -0.122. The Kier molecular flexibility index (Phi) is 8.13. The van der Waals surface area contributed by atoms with Gasteiger partial charge in [-0.05, 0) is 73.4 Å². The maximum atomic E-state index is 13.3. The van der Waals surface area contributed by atoms with E-state index in [9.17, 15) is 9.59 Å². The Balaban J connectivity index is 1.54. The third kappa shape index (κ3) is 6.18. The van der Waals surface area contributed by atoms with Gasteiger partial charge in [0.1, 0.15) is 17.8 Å². The van der Waals surface area contributed by atoms with Crippen LogP contribution in [0.15, 0.2) is 83.5 Å². The summed E-state index contributed by atoms with van der Waals surface area (Å²) in [5.41, 5.74) is 2.98. The van der Waals surface area contributed by atoms with Crippen molar-refractivity contribution in [2.75, 3.05) is 20.3 Å². The molecule has 1 saturated heterocycles. The predicted octanol–water partition coefficient (Wildman–Crippen LogP) is 5.43. The fraction of sp³-hybridized carbons (Fsp3) is 0.207. The molecule has 1 amide bonds. The highest BCUT2D eigenvalue weighted by Gasteiger charge is 2.34. The molecular formula is C29H28N2O5. The minimum atomic E-state index is -0.261. The molecule has 1 aliphatic rings. The number of aliphatic imine (C=N–C) groups is 1. The Morgan fingerprint density at radius 2 is 1.72 bits per heavy atom. The fourth-order valence-electron chi connectivity index (χ4n) is 3.78. The number of amidine groups is 1. The van der Waals surface area contributed by atoms with Crippen molar-refractivity contribution in [1.82, 2.24) is 4.90 Å². The third-order valence-corrected chi connectivity index (χ3v) is 5.61. The van der Waals surface area contributed by atoms with Crippen LogP contribution in [0.1, 0.15) is 34.8 Å². The zero-order valence-corrected chi connectivity index (χ0v) is 20.3. The number of hydrogen-bond donors (Lipinski definition) is 0. The van der Waals surface area contributed by atoms with Gasteiger partial charge in [0.25, 0.3) is 5.91 Å². The van der Waals surface area contributed by atoms with Crippen LogP contribution in [0.2, 0.25) is 0 Å². The second-order valence-corrected chi connectivity index (χ2v) is 8.13. The van der Waals surface area contributed by atoms with Crippen molar-refractivity contribution in [2.45, 2.75) is 19.8 Å². The summed E-state index contributed by atoms with van der Waals surface area (Å²) in [6.07, 6.45) is 3.94. The first-order valence-electron chi connectivity index (χ1n) is 11.8. The summed E-state index contributed by atoms with van der Waals surface area (Å²) in [6.45, 7) is 3.01. The molecule has 7 nitrogen and oxygen atoms in total. The quantitative estimate of drug-likeness (QED) is 0.283. The van der Waals surface area contributed by atoms with Crippen LogP contribution in [0.5, 0.6) is 11.5 Å². The van der Waals surface area contributed by atoms with Crippen molar-refractivity contribution < 1.29 is 23.8 Å². The Bertz CT molecular complexity index is 1260. The van der Waals surface area contributed by atoms with Crippen LogP contribution < -0.4 is 9.47 Å². The van der Waals surface area contributed by atoms with Crippen LogP contribution in [0.3, 0.4) is 0 Å². The van der Waals surface area contributed by atoms with Gasteiger partial charge in [-0.25, -0.2) is 0 Å². The number of rotatable bonds is 10. The summed E-state index contributed by atoms with van der Waals surface area (Å²) in [5, 5.41) is 0. The lowest BCUT2D eigenvalue weighted by atomic mass is 10.1. The monoisotopic (exact) mass is 484 g/mol. The van der Waals surface area contributed by atoms with E-state index in [1.54, 1.807) is 37.5 Å². The number of benzene rings is 3. The number of aldehydes is 1. The highest BCUT2D eigenvalue weighted by molar-refractivity contribution is 6.11. The molecule has 1 fully saturated rings. The van der Waals surface area contributed by atoms with Gasteiger partial charge in [-0.2, -0.15) is 4.99 Å². The summed E-state index contributed by atoms with van der Waals surface area (Å²) < 4.78 is 16.6. The number of hydrogen-bond acceptors (Lipinski definition) is 6. The molecule has 0 saturated carbocycles. The van der Waals surface area contributed by atoms with Crippen LogP contribution >= 0.6 is 0 Å². The van der Waals surface area contributed by atoms with Gasteiger partial charge in [-0.3, -0.25) is 14.5 Å². The Labute approximate surface area is 210 Å². The molecule has 0 unspecified atom stereocenters. The van der Waals surface area contributed by atoms with E-state index in [4.69, 9.17) is 14.2 Å². The van der Waals surface area contributed by atoms with Crippen molar-refractivity contribution in [1.29, 1.82) is 0 Å². The Hall–Kier alpha value is -4.39. The third-order valence-electron chi connectivity index (χ3n) is 5.61. The van der Waals surface area contributed by atoms with E-state index in [1.807, 2.05) is 55.5 Å². The van der Waals surface area contributed by atoms with Crippen LogP contribution in [-0.2, 0) is 16.0 Å². The van der Waals surface area contributed by atoms with Crippen LogP contribution in [0.4, 0.5) is 5.69 Å². The normalized spacial score (nSPS) is 15.3. The van der Waals surface area contributed by atoms with E-state index in [1.165, 1.54) is 4.90 Å². The maximum Gasteiger partial charge on any atom is 0.305 e. The zero-order valence-electron chi connectivity index (χ0n) is 20.3. The highest BCUT2D eigenvalue weighted by atomic mass is 16.5. The predicted molar refractivity (Wildman–Crippen MR) is 139 cm³/mol. The maximum absolute atomic E-state index is 13.3. The van der Waals surface area contributed by atoms with Gasteiger partial charge in [-0.1, -0.05) is 36.4 Å². The summed E-state index contributed by atoms with van der Waals surface area (Å²) >= 11 is 0. The molecule has 0 bridgehead atoms. The van der Waals surface area contributed by atoms with Crippen molar-refractivity contribution in [3.63, 3.8) is 0 Å². The summed E-state index contributed by atoms with van der Waals surface area (Å²) in [7, 11) is 1.60. The minimum Gasteiger partial charge on any atom is -0.497 e. The Morgan fingerprint density at radius 1 is 0.972 bits per heavy atom. The number of aryl methyl sites for hydroxylation is 1. The van der Waals surface area contributed by atoms with E-state index < -0.39 is 0 Å². The number of amides is 1. The SMILES string of the molecule is CCOc1ccc(CCCN2C(=O)/C(=C\c3ccc(OC)cc3)O/C2=N\c2cccc(C=O)c2)cc1. The lowest BCUT2D eigenvalue weighted by Crippen LogP contribution is -2.31. The Morgan fingerprint density at radius 3 is 2.42 bits per heavy atom. The highest BCUT2D eigenvalue weighted by Crippen LogP contribution is 2.25. The van der Waals surface area contributed by atoms with Crippen molar-refractivity contribution >= 4 is 30.0 Å². The number of carbonyl (C=O) groups is 2. The topological polar surface area (TPSA) is 77.4 Å². The molecule has 0 aliphatic carbocycles. The standard InChI is InChI=1S/C29H28N2O5/c1-3-35-26-15-9-21(10-16-26)7-5-17-31-28(33)27(19-22-11-13-25(34-2)14-12-22)36-29(31)30-24-8-4-6-23(18-24)20-32/h4,6,8-16,18-20H,3,5,7,17H2,1-2H3/b27-19+,30-29-. The van der Waals surface area contributed by atoms with Gasteiger partial charge >= 0.3 is 6.02 Å². The van der Waals surface area contributed by atoms with Gasteiger partial charge < -0.3 is 14.2 Å². The van der Waals surface area contributed by atoms with Gasteiger partial charge in [0.15, 0.2) is 5.76 Å². The van der Waals surface area contributed by atoms with Crippen molar-refractivity contribution in [3.05, 3.63) is 95.2 Å². The average Bonchev–Trinajstić information content (AvgIpc) is 3.19. The molecule has 0 aromatic heterocycles. The smallest absolute Gasteiger partial charge is 0.305 e. The molecule has 184 valence electrons. The molecule has 0 spiro atoms. The van der Waals surface area contributed by atoms with Crippen LogP contribution in [0.25, 0.3) is 6.08 Å². The number of carbonyl (C=O) groups excluding carboxylic acids is 2. The summed E-state index contributed by atoms with van der Waals surface area (Å²) in [4.78, 5) is 30.5.